The van der Waals surface area contributed by atoms with E-state index in [1.807, 2.05) is 27.7 Å². The predicted molar refractivity (Wildman–Crippen MR) is 88.9 cm³/mol. The van der Waals surface area contributed by atoms with Crippen molar-refractivity contribution in [2.45, 2.75) is 91.3 Å². The van der Waals surface area contributed by atoms with Crippen LogP contribution in [0.3, 0.4) is 0 Å². The maximum Gasteiger partial charge on any atom is 0.306 e. The van der Waals surface area contributed by atoms with Gasteiger partial charge < -0.3 is 19.3 Å². The molecule has 1 fully saturated rings. The minimum absolute atomic E-state index is 0.0705. The summed E-state index contributed by atoms with van der Waals surface area (Å²) in [5, 5.41) is 9.81. The van der Waals surface area contributed by atoms with E-state index in [0.717, 1.165) is 19.3 Å². The molecule has 0 aromatic carbocycles. The van der Waals surface area contributed by atoms with Gasteiger partial charge in [-0.05, 0) is 46.0 Å². The third-order valence-electron chi connectivity index (χ3n) is 4.65. The number of rotatable bonds is 9. The second-order valence-electron chi connectivity index (χ2n) is 6.80. The summed E-state index contributed by atoms with van der Waals surface area (Å²) < 4.78 is 16.8. The van der Waals surface area contributed by atoms with Crippen LogP contribution in [0.5, 0.6) is 0 Å². The Kier molecular flexibility index (Phi) is 9.10. The molecule has 6 atom stereocenters. The molecular formula is C18H34O5. The van der Waals surface area contributed by atoms with Gasteiger partial charge in [-0.2, -0.15) is 0 Å². The number of aliphatic hydroxyl groups excluding tert-OH is 1. The first-order chi connectivity index (χ1) is 10.9. The molecular weight excluding hydrogens is 296 g/mol. The van der Waals surface area contributed by atoms with Crippen LogP contribution in [-0.4, -0.2) is 42.3 Å². The molecule has 0 aromatic heterocycles. The highest BCUT2D eigenvalue weighted by Gasteiger charge is 2.33. The van der Waals surface area contributed by atoms with Crippen LogP contribution in [0.1, 0.15) is 66.7 Å². The Labute approximate surface area is 140 Å². The van der Waals surface area contributed by atoms with Crippen molar-refractivity contribution in [1.29, 1.82) is 0 Å². The van der Waals surface area contributed by atoms with Gasteiger partial charge in [-0.1, -0.05) is 20.3 Å². The molecule has 1 unspecified atom stereocenters. The Balaban J connectivity index is 2.34. The average molecular weight is 330 g/mol. The summed E-state index contributed by atoms with van der Waals surface area (Å²) in [6, 6.07) is 0. The van der Waals surface area contributed by atoms with E-state index >= 15 is 0 Å². The maximum absolute atomic E-state index is 11.6. The molecule has 1 saturated heterocycles. The fourth-order valence-electron chi connectivity index (χ4n) is 2.96. The van der Waals surface area contributed by atoms with Crippen LogP contribution in [-0.2, 0) is 19.0 Å². The molecule has 1 aliphatic heterocycles. The summed E-state index contributed by atoms with van der Waals surface area (Å²) in [6.45, 7) is 10.3. The van der Waals surface area contributed by atoms with Crippen molar-refractivity contribution in [3.05, 3.63) is 0 Å². The van der Waals surface area contributed by atoms with Crippen LogP contribution in [0.4, 0.5) is 0 Å². The third-order valence-corrected chi connectivity index (χ3v) is 4.65. The van der Waals surface area contributed by atoms with Crippen LogP contribution >= 0.6 is 0 Å². The SMILES string of the molecule is CCOC(=O)CC(CC)CC[C@@H](C)O[C@@H]1O[C@@H](C)[C@H](O)C[C@H]1C. The predicted octanol–water partition coefficient (Wildman–Crippen LogP) is 3.28. The monoisotopic (exact) mass is 330 g/mol. The van der Waals surface area contributed by atoms with E-state index in [1.165, 1.54) is 0 Å². The van der Waals surface area contributed by atoms with Crippen LogP contribution in [0.15, 0.2) is 0 Å². The van der Waals surface area contributed by atoms with E-state index in [2.05, 4.69) is 6.92 Å². The van der Waals surface area contributed by atoms with Crippen molar-refractivity contribution in [2.75, 3.05) is 6.61 Å². The number of carbonyl (C=O) groups is 1. The van der Waals surface area contributed by atoms with Crippen molar-refractivity contribution in [3.8, 4) is 0 Å². The summed E-state index contributed by atoms with van der Waals surface area (Å²) in [5.41, 5.74) is 0. The Hall–Kier alpha value is -0.650. The molecule has 0 saturated carbocycles. The first kappa shape index (κ1) is 20.4. The largest absolute Gasteiger partial charge is 0.466 e. The normalized spacial score (nSPS) is 30.7. The zero-order chi connectivity index (χ0) is 17.4. The van der Waals surface area contributed by atoms with Crippen LogP contribution < -0.4 is 0 Å². The molecule has 5 nitrogen and oxygen atoms in total. The van der Waals surface area contributed by atoms with Crippen molar-refractivity contribution in [2.24, 2.45) is 11.8 Å². The first-order valence-electron chi connectivity index (χ1n) is 9.01. The standard InChI is InChI=1S/C18H34O5/c1-6-15(11-17(20)21-7-2)9-8-13(4)22-18-12(3)10-16(19)14(5)23-18/h12-16,18-19H,6-11H2,1-5H3/t12-,13-,14+,15?,16-,18-/m1/s1. The number of hydrogen-bond donors (Lipinski definition) is 1. The molecule has 1 N–H and O–H groups in total. The van der Waals surface area contributed by atoms with Gasteiger partial charge in [0, 0.05) is 12.3 Å². The fraction of sp³-hybridized carbons (Fsp3) is 0.944. The maximum atomic E-state index is 11.6. The van der Waals surface area contributed by atoms with E-state index in [9.17, 15) is 9.90 Å². The van der Waals surface area contributed by atoms with E-state index in [1.54, 1.807) is 0 Å². The molecule has 0 aliphatic carbocycles. The smallest absolute Gasteiger partial charge is 0.306 e. The van der Waals surface area contributed by atoms with Gasteiger partial charge in [-0.25, -0.2) is 0 Å². The van der Waals surface area contributed by atoms with E-state index in [4.69, 9.17) is 14.2 Å². The lowest BCUT2D eigenvalue weighted by Gasteiger charge is -2.37. The van der Waals surface area contributed by atoms with E-state index in [0.29, 0.717) is 25.4 Å². The highest BCUT2D eigenvalue weighted by atomic mass is 16.7. The molecule has 1 heterocycles. The minimum atomic E-state index is -0.408. The quantitative estimate of drug-likeness (QED) is 0.657. The van der Waals surface area contributed by atoms with E-state index in [-0.39, 0.29) is 30.4 Å². The lowest BCUT2D eigenvalue weighted by Crippen LogP contribution is -2.44. The fourth-order valence-corrected chi connectivity index (χ4v) is 2.96. The Morgan fingerprint density at radius 3 is 2.61 bits per heavy atom. The molecule has 136 valence electrons. The van der Waals surface area contributed by atoms with Crippen LogP contribution in [0.25, 0.3) is 0 Å². The van der Waals surface area contributed by atoms with Crippen molar-refractivity contribution >= 4 is 5.97 Å². The molecule has 1 aliphatic rings. The summed E-state index contributed by atoms with van der Waals surface area (Å²) >= 11 is 0. The van der Waals surface area contributed by atoms with Gasteiger partial charge >= 0.3 is 5.97 Å². The Morgan fingerprint density at radius 2 is 2.00 bits per heavy atom. The zero-order valence-corrected chi connectivity index (χ0v) is 15.3. The Bertz CT molecular complexity index is 346. The van der Waals surface area contributed by atoms with Gasteiger partial charge in [0.1, 0.15) is 0 Å². The molecule has 23 heavy (non-hydrogen) atoms. The van der Waals surface area contributed by atoms with Crippen molar-refractivity contribution in [3.63, 3.8) is 0 Å². The number of esters is 1. The summed E-state index contributed by atoms with van der Waals surface area (Å²) in [4.78, 5) is 11.6. The zero-order valence-electron chi connectivity index (χ0n) is 15.3. The molecule has 0 amide bonds. The number of hydrogen-bond acceptors (Lipinski definition) is 5. The topological polar surface area (TPSA) is 65.0 Å². The van der Waals surface area contributed by atoms with Gasteiger partial charge in [-0.3, -0.25) is 4.79 Å². The second-order valence-corrected chi connectivity index (χ2v) is 6.80. The summed E-state index contributed by atoms with van der Waals surface area (Å²) in [7, 11) is 0. The third kappa shape index (κ3) is 7.19. The second kappa shape index (κ2) is 10.3. The molecule has 1 rings (SSSR count). The molecule has 0 radical (unpaired) electrons. The molecule has 0 bridgehead atoms. The lowest BCUT2D eigenvalue weighted by molar-refractivity contribution is -0.255. The molecule has 0 spiro atoms. The van der Waals surface area contributed by atoms with Crippen LogP contribution in [0, 0.1) is 11.8 Å². The highest BCUT2D eigenvalue weighted by Crippen LogP contribution is 2.28. The van der Waals surface area contributed by atoms with Gasteiger partial charge in [0.2, 0.25) is 0 Å². The first-order valence-corrected chi connectivity index (χ1v) is 9.01. The van der Waals surface area contributed by atoms with Crippen molar-refractivity contribution in [1.82, 2.24) is 0 Å². The van der Waals surface area contributed by atoms with Gasteiger partial charge in [0.15, 0.2) is 6.29 Å². The van der Waals surface area contributed by atoms with Gasteiger partial charge in [0.25, 0.3) is 0 Å². The van der Waals surface area contributed by atoms with Gasteiger partial charge in [-0.15, -0.1) is 0 Å². The number of aliphatic hydroxyl groups is 1. The molecule has 5 heteroatoms. The van der Waals surface area contributed by atoms with Crippen LogP contribution in [0.2, 0.25) is 0 Å². The Morgan fingerprint density at radius 1 is 1.30 bits per heavy atom. The highest BCUT2D eigenvalue weighted by molar-refractivity contribution is 5.69. The van der Waals surface area contributed by atoms with E-state index < -0.39 is 6.10 Å². The lowest BCUT2D eigenvalue weighted by atomic mass is 9.94. The molecule has 0 aromatic rings. The van der Waals surface area contributed by atoms with Crippen molar-refractivity contribution < 1.29 is 24.1 Å². The van der Waals surface area contributed by atoms with Gasteiger partial charge in [0.05, 0.1) is 24.9 Å². The number of ether oxygens (including phenoxy) is 3. The minimum Gasteiger partial charge on any atom is -0.466 e. The summed E-state index contributed by atoms with van der Waals surface area (Å²) in [6.07, 6.45) is 3.21. The summed E-state index contributed by atoms with van der Waals surface area (Å²) in [5.74, 6) is 0.413. The number of carbonyl (C=O) groups excluding carboxylic acids is 1. The average Bonchev–Trinajstić information content (AvgIpc) is 2.49.